The minimum absolute atomic E-state index is 0.239. The van der Waals surface area contributed by atoms with Crippen LogP contribution in [0.3, 0.4) is 0 Å². The number of rotatable bonds is 4. The Labute approximate surface area is 105 Å². The molecular formula is C12H17N3O3. The van der Waals surface area contributed by atoms with Gasteiger partial charge >= 0.3 is 5.97 Å². The molecule has 2 atom stereocenters. The molecule has 0 amide bonds. The van der Waals surface area contributed by atoms with E-state index in [0.29, 0.717) is 12.4 Å². The molecule has 0 saturated carbocycles. The van der Waals surface area contributed by atoms with Gasteiger partial charge in [0.2, 0.25) is 0 Å². The van der Waals surface area contributed by atoms with E-state index in [1.807, 2.05) is 0 Å². The van der Waals surface area contributed by atoms with Gasteiger partial charge in [0.05, 0.1) is 6.10 Å². The summed E-state index contributed by atoms with van der Waals surface area (Å²) in [6.45, 7) is 2.36. The molecular weight excluding hydrogens is 234 g/mol. The lowest BCUT2D eigenvalue weighted by molar-refractivity contribution is -0.138. The van der Waals surface area contributed by atoms with Gasteiger partial charge in [0.15, 0.2) is 0 Å². The first-order chi connectivity index (χ1) is 8.61. The zero-order valence-corrected chi connectivity index (χ0v) is 10.3. The zero-order valence-electron chi connectivity index (χ0n) is 10.3. The quantitative estimate of drug-likeness (QED) is 0.808. The van der Waals surface area contributed by atoms with Crippen LogP contribution in [-0.4, -0.2) is 44.8 Å². The highest BCUT2D eigenvalue weighted by molar-refractivity contribution is 5.78. The minimum Gasteiger partial charge on any atom is -0.480 e. The molecule has 0 radical (unpaired) electrons. The average Bonchev–Trinajstić information content (AvgIpc) is 2.72. The number of hydrogen-bond acceptors (Lipinski definition) is 5. The van der Waals surface area contributed by atoms with E-state index < -0.39 is 18.1 Å². The molecule has 18 heavy (non-hydrogen) atoms. The molecule has 2 unspecified atom stereocenters. The Morgan fingerprint density at radius 1 is 1.56 bits per heavy atom. The molecule has 98 valence electrons. The summed E-state index contributed by atoms with van der Waals surface area (Å²) in [7, 11) is 0. The predicted octanol–water partition coefficient (Wildman–Crippen LogP) is 0.453. The summed E-state index contributed by atoms with van der Waals surface area (Å²) < 4.78 is 0. The van der Waals surface area contributed by atoms with E-state index in [1.165, 1.54) is 6.33 Å². The standard InChI is InChI=1S/C12H17N3O3/c1-2-3-8-4-11(14-7-13-8)15-6-9(16)5-10(15)12(17)18/h4,7,9-10,16H,2-3,5-6H2,1H3,(H,17,18). The molecule has 6 nitrogen and oxygen atoms in total. The summed E-state index contributed by atoms with van der Waals surface area (Å²) in [5, 5.41) is 18.7. The minimum atomic E-state index is -0.929. The number of carbonyl (C=O) groups is 1. The van der Waals surface area contributed by atoms with Crippen molar-refractivity contribution in [1.29, 1.82) is 0 Å². The molecule has 1 saturated heterocycles. The maximum atomic E-state index is 11.1. The summed E-state index contributed by atoms with van der Waals surface area (Å²) in [5.41, 5.74) is 0.896. The van der Waals surface area contributed by atoms with Crippen LogP contribution >= 0.6 is 0 Å². The fourth-order valence-electron chi connectivity index (χ4n) is 2.24. The third kappa shape index (κ3) is 2.59. The van der Waals surface area contributed by atoms with Crippen molar-refractivity contribution >= 4 is 11.8 Å². The van der Waals surface area contributed by atoms with Crippen molar-refractivity contribution < 1.29 is 15.0 Å². The van der Waals surface area contributed by atoms with Crippen LogP contribution in [0.15, 0.2) is 12.4 Å². The van der Waals surface area contributed by atoms with Crippen molar-refractivity contribution in [1.82, 2.24) is 9.97 Å². The molecule has 0 spiro atoms. The third-order valence-corrected chi connectivity index (χ3v) is 3.07. The molecule has 1 aliphatic rings. The number of carboxylic acids is 1. The summed E-state index contributed by atoms with van der Waals surface area (Å²) in [6, 6.07) is 1.10. The van der Waals surface area contributed by atoms with Crippen molar-refractivity contribution in [2.45, 2.75) is 38.3 Å². The SMILES string of the molecule is CCCc1cc(N2CC(O)CC2C(=O)O)ncn1. The Bertz CT molecular complexity index is 438. The predicted molar refractivity (Wildman–Crippen MR) is 65.4 cm³/mol. The second-order valence-electron chi connectivity index (χ2n) is 4.51. The molecule has 6 heteroatoms. The molecule has 2 rings (SSSR count). The van der Waals surface area contributed by atoms with Gasteiger partial charge in [-0.2, -0.15) is 0 Å². The maximum Gasteiger partial charge on any atom is 0.326 e. The molecule has 1 fully saturated rings. The Hall–Kier alpha value is -1.69. The molecule has 0 aliphatic carbocycles. The second-order valence-corrected chi connectivity index (χ2v) is 4.51. The van der Waals surface area contributed by atoms with Crippen molar-refractivity contribution in [2.75, 3.05) is 11.4 Å². The lowest BCUT2D eigenvalue weighted by Gasteiger charge is -2.22. The van der Waals surface area contributed by atoms with Crippen LogP contribution in [0.5, 0.6) is 0 Å². The number of β-amino-alcohol motifs (C(OH)–C–C–N with tert-alkyl or cyclic N) is 1. The van der Waals surface area contributed by atoms with Crippen molar-refractivity contribution in [3.05, 3.63) is 18.1 Å². The molecule has 1 aromatic rings. The van der Waals surface area contributed by atoms with Crippen LogP contribution in [0.1, 0.15) is 25.5 Å². The van der Waals surface area contributed by atoms with Crippen molar-refractivity contribution in [2.24, 2.45) is 0 Å². The number of anilines is 1. The number of aliphatic carboxylic acids is 1. The van der Waals surface area contributed by atoms with Gasteiger partial charge in [0, 0.05) is 24.7 Å². The summed E-state index contributed by atoms with van der Waals surface area (Å²) in [5.74, 6) is -0.348. The van der Waals surface area contributed by atoms with E-state index in [0.717, 1.165) is 18.5 Å². The Balaban J connectivity index is 2.24. The van der Waals surface area contributed by atoms with Crippen LogP contribution in [-0.2, 0) is 11.2 Å². The van der Waals surface area contributed by atoms with Gasteiger partial charge in [-0.25, -0.2) is 14.8 Å². The number of nitrogens with zero attached hydrogens (tertiary/aromatic N) is 3. The van der Waals surface area contributed by atoms with E-state index >= 15 is 0 Å². The summed E-state index contributed by atoms with van der Waals surface area (Å²) >= 11 is 0. The number of aromatic nitrogens is 2. The zero-order chi connectivity index (χ0) is 13.1. The van der Waals surface area contributed by atoms with E-state index in [9.17, 15) is 9.90 Å². The van der Waals surface area contributed by atoms with Crippen molar-refractivity contribution in [3.63, 3.8) is 0 Å². The van der Waals surface area contributed by atoms with Gasteiger partial charge in [0.25, 0.3) is 0 Å². The highest BCUT2D eigenvalue weighted by Crippen LogP contribution is 2.24. The number of carboxylic acid groups (broad SMARTS) is 1. The highest BCUT2D eigenvalue weighted by atomic mass is 16.4. The smallest absolute Gasteiger partial charge is 0.326 e. The van der Waals surface area contributed by atoms with E-state index in [-0.39, 0.29) is 6.42 Å². The monoisotopic (exact) mass is 251 g/mol. The van der Waals surface area contributed by atoms with Gasteiger partial charge in [-0.05, 0) is 6.42 Å². The van der Waals surface area contributed by atoms with E-state index in [4.69, 9.17) is 5.11 Å². The van der Waals surface area contributed by atoms with E-state index in [2.05, 4.69) is 16.9 Å². The second kappa shape index (κ2) is 5.30. The van der Waals surface area contributed by atoms with Gasteiger partial charge in [0.1, 0.15) is 18.2 Å². The topological polar surface area (TPSA) is 86.5 Å². The van der Waals surface area contributed by atoms with Crippen LogP contribution in [0.2, 0.25) is 0 Å². The van der Waals surface area contributed by atoms with Crippen LogP contribution in [0.25, 0.3) is 0 Å². The van der Waals surface area contributed by atoms with Gasteiger partial charge in [-0.1, -0.05) is 13.3 Å². The van der Waals surface area contributed by atoms with Crippen LogP contribution < -0.4 is 4.90 Å². The number of aliphatic hydroxyl groups is 1. The normalized spacial score (nSPS) is 23.3. The Morgan fingerprint density at radius 3 is 3.00 bits per heavy atom. The molecule has 2 heterocycles. The van der Waals surface area contributed by atoms with Crippen molar-refractivity contribution in [3.8, 4) is 0 Å². The van der Waals surface area contributed by atoms with Gasteiger partial charge in [-0.15, -0.1) is 0 Å². The fourth-order valence-corrected chi connectivity index (χ4v) is 2.24. The highest BCUT2D eigenvalue weighted by Gasteiger charge is 2.36. The Kier molecular flexibility index (Phi) is 3.76. The van der Waals surface area contributed by atoms with Crippen LogP contribution in [0, 0.1) is 0 Å². The lowest BCUT2D eigenvalue weighted by Crippen LogP contribution is -2.36. The first-order valence-electron chi connectivity index (χ1n) is 6.10. The number of aliphatic hydroxyl groups excluding tert-OH is 1. The summed E-state index contributed by atoms with van der Waals surface area (Å²) in [6.07, 6.45) is 2.88. The molecule has 2 N–H and O–H groups in total. The molecule has 0 bridgehead atoms. The van der Waals surface area contributed by atoms with Gasteiger partial charge in [-0.3, -0.25) is 0 Å². The molecule has 0 aromatic carbocycles. The fraction of sp³-hybridized carbons (Fsp3) is 0.583. The third-order valence-electron chi connectivity index (χ3n) is 3.07. The number of hydrogen-bond donors (Lipinski definition) is 2. The molecule has 1 aromatic heterocycles. The number of aryl methyl sites for hydroxylation is 1. The Morgan fingerprint density at radius 2 is 2.33 bits per heavy atom. The first-order valence-corrected chi connectivity index (χ1v) is 6.10. The van der Waals surface area contributed by atoms with Crippen LogP contribution in [0.4, 0.5) is 5.82 Å². The van der Waals surface area contributed by atoms with E-state index in [1.54, 1.807) is 11.0 Å². The summed E-state index contributed by atoms with van der Waals surface area (Å²) in [4.78, 5) is 21.0. The lowest BCUT2D eigenvalue weighted by atomic mass is 10.2. The average molecular weight is 251 g/mol. The first kappa shape index (κ1) is 12.8. The largest absolute Gasteiger partial charge is 0.480 e. The van der Waals surface area contributed by atoms with Gasteiger partial charge < -0.3 is 15.1 Å². The maximum absolute atomic E-state index is 11.1. The molecule has 1 aliphatic heterocycles.